The van der Waals surface area contributed by atoms with Crippen LogP contribution in [0, 0.1) is 0 Å². The first-order valence-corrected chi connectivity index (χ1v) is 7.21. The number of likely N-dealkylation sites (tertiary alicyclic amines) is 1. The monoisotopic (exact) mass is 246 g/mol. The number of hydrogen-bond donors (Lipinski definition) is 1. The van der Waals surface area contributed by atoms with E-state index in [1.807, 2.05) is 0 Å². The molecule has 1 aliphatic heterocycles. The van der Waals surface area contributed by atoms with Crippen LogP contribution in [0.25, 0.3) is 0 Å². The van der Waals surface area contributed by atoms with E-state index in [4.69, 9.17) is 5.73 Å². The predicted molar refractivity (Wildman–Crippen MR) is 77.7 cm³/mol. The van der Waals surface area contributed by atoms with E-state index in [9.17, 15) is 0 Å². The lowest BCUT2D eigenvalue weighted by atomic mass is 9.95. The van der Waals surface area contributed by atoms with Gasteiger partial charge >= 0.3 is 0 Å². The molecule has 0 spiro atoms. The van der Waals surface area contributed by atoms with Crippen molar-refractivity contribution in [3.8, 4) is 0 Å². The first-order valence-electron chi connectivity index (χ1n) is 7.21. The summed E-state index contributed by atoms with van der Waals surface area (Å²) in [6.07, 6.45) is 3.55. The topological polar surface area (TPSA) is 29.3 Å². The molecule has 0 saturated carbocycles. The van der Waals surface area contributed by atoms with Crippen LogP contribution in [0.15, 0.2) is 30.3 Å². The molecular formula is C16H26N2. The number of rotatable bonds is 4. The van der Waals surface area contributed by atoms with Crippen LogP contribution in [-0.2, 0) is 0 Å². The van der Waals surface area contributed by atoms with Gasteiger partial charge in [-0.1, -0.05) is 37.3 Å². The van der Waals surface area contributed by atoms with Crippen molar-refractivity contribution in [2.45, 2.75) is 51.1 Å². The molecule has 1 heterocycles. The average Bonchev–Trinajstić information content (AvgIpc) is 2.38. The van der Waals surface area contributed by atoms with Crippen LogP contribution >= 0.6 is 0 Å². The van der Waals surface area contributed by atoms with Crippen molar-refractivity contribution in [2.24, 2.45) is 5.73 Å². The van der Waals surface area contributed by atoms with E-state index < -0.39 is 0 Å². The lowest BCUT2D eigenvalue weighted by Gasteiger charge is -2.36. The van der Waals surface area contributed by atoms with Crippen molar-refractivity contribution in [2.75, 3.05) is 13.1 Å². The van der Waals surface area contributed by atoms with Crippen LogP contribution in [-0.4, -0.2) is 30.1 Å². The molecule has 2 rings (SSSR count). The van der Waals surface area contributed by atoms with Crippen molar-refractivity contribution in [3.63, 3.8) is 0 Å². The van der Waals surface area contributed by atoms with Crippen LogP contribution in [0.1, 0.15) is 44.6 Å². The van der Waals surface area contributed by atoms with E-state index in [-0.39, 0.29) is 0 Å². The van der Waals surface area contributed by atoms with Gasteiger partial charge in [0, 0.05) is 12.1 Å². The number of nitrogens with zero attached hydrogens (tertiary/aromatic N) is 1. The van der Waals surface area contributed by atoms with Crippen molar-refractivity contribution in [1.29, 1.82) is 0 Å². The van der Waals surface area contributed by atoms with Crippen molar-refractivity contribution in [3.05, 3.63) is 35.9 Å². The summed E-state index contributed by atoms with van der Waals surface area (Å²) in [7, 11) is 0. The van der Waals surface area contributed by atoms with Gasteiger partial charge in [0.25, 0.3) is 0 Å². The van der Waals surface area contributed by atoms with E-state index in [0.717, 1.165) is 12.8 Å². The molecule has 0 aromatic heterocycles. The molecule has 18 heavy (non-hydrogen) atoms. The summed E-state index contributed by atoms with van der Waals surface area (Å²) in [6.45, 7) is 7.01. The van der Waals surface area contributed by atoms with E-state index >= 15 is 0 Å². The third-order valence-electron chi connectivity index (χ3n) is 4.27. The highest BCUT2D eigenvalue weighted by atomic mass is 15.2. The first kappa shape index (κ1) is 13.6. The number of piperidine rings is 1. The van der Waals surface area contributed by atoms with Gasteiger partial charge in [-0.2, -0.15) is 0 Å². The van der Waals surface area contributed by atoms with E-state index in [1.54, 1.807) is 0 Å². The third kappa shape index (κ3) is 3.56. The molecule has 1 aliphatic rings. The van der Waals surface area contributed by atoms with Crippen molar-refractivity contribution < 1.29 is 0 Å². The molecule has 0 amide bonds. The Morgan fingerprint density at radius 2 is 2.06 bits per heavy atom. The number of hydrogen-bond acceptors (Lipinski definition) is 2. The maximum Gasteiger partial charge on any atom is 0.00816 e. The van der Waals surface area contributed by atoms with Crippen molar-refractivity contribution in [1.82, 2.24) is 4.90 Å². The molecule has 1 saturated heterocycles. The fourth-order valence-corrected chi connectivity index (χ4v) is 2.90. The summed E-state index contributed by atoms with van der Waals surface area (Å²) in [5, 5.41) is 0. The van der Waals surface area contributed by atoms with Gasteiger partial charge in [0.1, 0.15) is 0 Å². The summed E-state index contributed by atoms with van der Waals surface area (Å²) < 4.78 is 0. The number of benzene rings is 1. The smallest absolute Gasteiger partial charge is 0.00816 e. The van der Waals surface area contributed by atoms with Gasteiger partial charge in [0.15, 0.2) is 0 Å². The van der Waals surface area contributed by atoms with Crippen LogP contribution in [0.3, 0.4) is 0 Å². The molecule has 0 radical (unpaired) electrons. The van der Waals surface area contributed by atoms with Crippen LogP contribution < -0.4 is 5.73 Å². The van der Waals surface area contributed by atoms with Gasteiger partial charge in [-0.15, -0.1) is 0 Å². The highest BCUT2D eigenvalue weighted by molar-refractivity contribution is 5.18. The summed E-state index contributed by atoms with van der Waals surface area (Å²) in [4.78, 5) is 2.60. The minimum Gasteiger partial charge on any atom is -0.328 e. The third-order valence-corrected chi connectivity index (χ3v) is 4.27. The summed E-state index contributed by atoms with van der Waals surface area (Å²) >= 11 is 0. The zero-order valence-electron chi connectivity index (χ0n) is 11.7. The second kappa shape index (κ2) is 6.35. The number of nitrogens with two attached hydrogens (primary N) is 1. The maximum absolute atomic E-state index is 6.01. The lowest BCUT2D eigenvalue weighted by Crippen LogP contribution is -2.45. The van der Waals surface area contributed by atoms with E-state index in [2.05, 4.69) is 49.1 Å². The Kier molecular flexibility index (Phi) is 4.79. The normalized spacial score (nSPS) is 27.1. The quantitative estimate of drug-likeness (QED) is 0.885. The molecule has 0 aliphatic carbocycles. The van der Waals surface area contributed by atoms with Crippen LogP contribution in [0.5, 0.6) is 0 Å². The molecule has 3 atom stereocenters. The van der Waals surface area contributed by atoms with Gasteiger partial charge in [-0.25, -0.2) is 0 Å². The minimum absolute atomic E-state index is 0.419. The molecule has 2 nitrogen and oxygen atoms in total. The average molecular weight is 246 g/mol. The Labute approximate surface area is 111 Å². The van der Waals surface area contributed by atoms with Crippen LogP contribution in [0.2, 0.25) is 0 Å². The molecule has 3 unspecified atom stereocenters. The van der Waals surface area contributed by atoms with Gasteiger partial charge < -0.3 is 10.6 Å². The highest BCUT2D eigenvalue weighted by Crippen LogP contribution is 2.22. The Morgan fingerprint density at radius 1 is 1.33 bits per heavy atom. The highest BCUT2D eigenvalue weighted by Gasteiger charge is 2.23. The molecule has 100 valence electrons. The second-order valence-corrected chi connectivity index (χ2v) is 5.77. The van der Waals surface area contributed by atoms with E-state index in [0.29, 0.717) is 18.0 Å². The van der Waals surface area contributed by atoms with E-state index in [1.165, 1.54) is 25.1 Å². The zero-order chi connectivity index (χ0) is 13.0. The first-order chi connectivity index (χ1) is 8.66. The Morgan fingerprint density at radius 3 is 2.72 bits per heavy atom. The zero-order valence-corrected chi connectivity index (χ0v) is 11.7. The largest absolute Gasteiger partial charge is 0.328 e. The molecule has 0 bridgehead atoms. The fourth-order valence-electron chi connectivity index (χ4n) is 2.90. The standard InChI is InChI=1S/C16H26N2/c1-13(15-6-4-3-5-7-15)8-10-18-11-9-16(17)12-14(18)2/h3-7,13-14,16H,8-12,17H2,1-2H3. The molecule has 1 aromatic rings. The molecular weight excluding hydrogens is 220 g/mol. The Balaban J connectivity index is 1.81. The molecule has 1 fully saturated rings. The van der Waals surface area contributed by atoms with Gasteiger partial charge in [0.2, 0.25) is 0 Å². The van der Waals surface area contributed by atoms with Crippen molar-refractivity contribution >= 4 is 0 Å². The van der Waals surface area contributed by atoms with Gasteiger partial charge in [-0.3, -0.25) is 0 Å². The lowest BCUT2D eigenvalue weighted by molar-refractivity contribution is 0.144. The van der Waals surface area contributed by atoms with Crippen LogP contribution in [0.4, 0.5) is 0 Å². The SMILES string of the molecule is CC(CCN1CCC(N)CC1C)c1ccccc1. The minimum atomic E-state index is 0.419. The molecule has 2 N–H and O–H groups in total. The Hall–Kier alpha value is -0.860. The molecule has 2 heteroatoms. The maximum atomic E-state index is 6.01. The summed E-state index contributed by atoms with van der Waals surface area (Å²) in [5.41, 5.74) is 7.46. The van der Waals surface area contributed by atoms with Gasteiger partial charge in [-0.05, 0) is 50.8 Å². The summed E-state index contributed by atoms with van der Waals surface area (Å²) in [5.74, 6) is 0.647. The summed E-state index contributed by atoms with van der Waals surface area (Å²) in [6, 6.07) is 11.9. The fraction of sp³-hybridized carbons (Fsp3) is 0.625. The second-order valence-electron chi connectivity index (χ2n) is 5.77. The predicted octanol–water partition coefficient (Wildman–Crippen LogP) is 2.99. The Bertz CT molecular complexity index is 349. The molecule has 1 aromatic carbocycles. The van der Waals surface area contributed by atoms with Gasteiger partial charge in [0.05, 0.1) is 0 Å².